The molecule has 1 N–H and O–H groups in total. The first kappa shape index (κ1) is 10.6. The van der Waals surface area contributed by atoms with Gasteiger partial charge in [0.2, 0.25) is 0 Å². The quantitative estimate of drug-likeness (QED) is 0.314. The Labute approximate surface area is 59.5 Å². The van der Waals surface area contributed by atoms with Gasteiger partial charge in [-0.15, -0.1) is 0 Å². The Kier molecular flexibility index (Phi) is 8.72. The third kappa shape index (κ3) is 9.15. The molecule has 0 fully saturated rings. The van der Waals surface area contributed by atoms with Gasteiger partial charge in [-0.05, 0) is 0 Å². The molecule has 0 amide bonds. The molecule has 0 bridgehead atoms. The molecule has 3 nitrogen and oxygen atoms in total. The Hall–Kier alpha value is -0.393. The Bertz CT molecular complexity index is 81.4. The fourth-order valence-corrected chi connectivity index (χ4v) is 0.130. The minimum atomic E-state index is -1.26. The molecule has 0 aromatic heterocycles. The van der Waals surface area contributed by atoms with E-state index in [4.69, 9.17) is 5.11 Å². The van der Waals surface area contributed by atoms with Gasteiger partial charge in [-0.3, -0.25) is 0 Å². The number of hydrogen-bond acceptors (Lipinski definition) is 2. The standard InChI is InChI=1S/C4H6O3.Li.H/c1-2-3-7-4(5)6;;/h2H,1,3H2,(H,5,6);;. The van der Waals surface area contributed by atoms with Gasteiger partial charge in [0.15, 0.2) is 0 Å². The molecule has 0 rings (SSSR count). The second-order valence-corrected chi connectivity index (χ2v) is 0.866. The average molecular weight is 110 g/mol. The maximum absolute atomic E-state index is 9.49. The van der Waals surface area contributed by atoms with Crippen LogP contribution >= 0.6 is 0 Å². The van der Waals surface area contributed by atoms with Crippen molar-refractivity contribution >= 4 is 25.0 Å². The van der Waals surface area contributed by atoms with Gasteiger partial charge in [-0.1, -0.05) is 12.7 Å². The fraction of sp³-hybridized carbons (Fsp3) is 0.250. The second-order valence-electron chi connectivity index (χ2n) is 0.866. The molecule has 0 aliphatic heterocycles. The van der Waals surface area contributed by atoms with E-state index >= 15 is 0 Å². The third-order valence-electron chi connectivity index (χ3n) is 0.325. The molecule has 0 aliphatic rings. The van der Waals surface area contributed by atoms with Crippen LogP contribution in [0.4, 0.5) is 4.79 Å². The van der Waals surface area contributed by atoms with Crippen molar-refractivity contribution in [2.75, 3.05) is 6.61 Å². The molecule has 0 unspecified atom stereocenters. The molecule has 0 aromatic rings. The Morgan fingerprint density at radius 3 is 2.50 bits per heavy atom. The fourth-order valence-electron chi connectivity index (χ4n) is 0.130. The molecule has 4 heteroatoms. The van der Waals surface area contributed by atoms with Crippen LogP contribution in [0.25, 0.3) is 0 Å². The summed E-state index contributed by atoms with van der Waals surface area (Å²) >= 11 is 0. The first-order valence-corrected chi connectivity index (χ1v) is 1.74. The second kappa shape index (κ2) is 6.61. The van der Waals surface area contributed by atoms with Crippen molar-refractivity contribution in [3.63, 3.8) is 0 Å². The Balaban J connectivity index is 0. The molecule has 0 aromatic carbocycles. The monoisotopic (exact) mass is 110 g/mol. The number of carbonyl (C=O) groups is 1. The van der Waals surface area contributed by atoms with Crippen LogP contribution in [-0.2, 0) is 4.74 Å². The van der Waals surface area contributed by atoms with Gasteiger partial charge in [0.05, 0.1) is 0 Å². The molecule has 0 radical (unpaired) electrons. The molecule has 42 valence electrons. The third-order valence-corrected chi connectivity index (χ3v) is 0.325. The zero-order chi connectivity index (χ0) is 5.70. The van der Waals surface area contributed by atoms with Crippen LogP contribution in [0.15, 0.2) is 12.7 Å². The summed E-state index contributed by atoms with van der Waals surface area (Å²) in [6.45, 7) is 3.31. The summed E-state index contributed by atoms with van der Waals surface area (Å²) in [4.78, 5) is 9.49. The van der Waals surface area contributed by atoms with Crippen molar-refractivity contribution in [2.24, 2.45) is 0 Å². The molecular weight excluding hydrogens is 103 g/mol. The van der Waals surface area contributed by atoms with Crippen molar-refractivity contribution in [2.45, 2.75) is 0 Å². The van der Waals surface area contributed by atoms with E-state index < -0.39 is 6.16 Å². The van der Waals surface area contributed by atoms with Gasteiger partial charge in [-0.2, -0.15) is 0 Å². The maximum atomic E-state index is 9.49. The summed E-state index contributed by atoms with van der Waals surface area (Å²) in [5.41, 5.74) is 0. The first-order valence-electron chi connectivity index (χ1n) is 1.74. The van der Waals surface area contributed by atoms with Crippen LogP contribution < -0.4 is 0 Å². The summed E-state index contributed by atoms with van der Waals surface area (Å²) in [5.74, 6) is 0. The van der Waals surface area contributed by atoms with E-state index in [2.05, 4.69) is 11.3 Å². The molecule has 0 saturated carbocycles. The van der Waals surface area contributed by atoms with E-state index in [-0.39, 0.29) is 25.5 Å². The van der Waals surface area contributed by atoms with Crippen molar-refractivity contribution in [3.05, 3.63) is 12.7 Å². The van der Waals surface area contributed by atoms with Crippen LogP contribution in [0.5, 0.6) is 0 Å². The predicted octanol–water partition coefficient (Wildman–Crippen LogP) is 0.218. The summed E-state index contributed by atoms with van der Waals surface area (Å²) < 4.78 is 3.99. The number of hydrogen-bond donors (Lipinski definition) is 1. The summed E-state index contributed by atoms with van der Waals surface area (Å²) in [6, 6.07) is 0. The van der Waals surface area contributed by atoms with Gasteiger partial charge in [0, 0.05) is 0 Å². The zero-order valence-electron chi connectivity index (χ0n) is 3.76. The van der Waals surface area contributed by atoms with Gasteiger partial charge in [0.1, 0.15) is 6.61 Å². The van der Waals surface area contributed by atoms with E-state index in [1.54, 1.807) is 0 Å². The summed E-state index contributed by atoms with van der Waals surface area (Å²) in [5, 5.41) is 7.77. The molecule has 0 heterocycles. The van der Waals surface area contributed by atoms with Gasteiger partial charge in [-0.25, -0.2) is 4.79 Å². The summed E-state index contributed by atoms with van der Waals surface area (Å²) in [7, 11) is 0. The summed E-state index contributed by atoms with van der Waals surface area (Å²) in [6.07, 6.45) is 0.105. The SMILES string of the molecule is C=CCOC(=O)O.[LiH]. The van der Waals surface area contributed by atoms with Crippen LogP contribution in [0.3, 0.4) is 0 Å². The molecule has 8 heavy (non-hydrogen) atoms. The van der Waals surface area contributed by atoms with E-state index in [0.717, 1.165) is 0 Å². The normalized spacial score (nSPS) is 6.50. The van der Waals surface area contributed by atoms with Crippen molar-refractivity contribution < 1.29 is 14.6 Å². The van der Waals surface area contributed by atoms with E-state index in [9.17, 15) is 4.79 Å². The van der Waals surface area contributed by atoms with Crippen LogP contribution in [-0.4, -0.2) is 36.7 Å². The van der Waals surface area contributed by atoms with Gasteiger partial charge in [0.25, 0.3) is 0 Å². The number of ether oxygens (including phenoxy) is 1. The van der Waals surface area contributed by atoms with Gasteiger partial charge >= 0.3 is 25.0 Å². The first-order chi connectivity index (χ1) is 3.27. The number of rotatable bonds is 2. The molecule has 0 aliphatic carbocycles. The van der Waals surface area contributed by atoms with E-state index in [1.165, 1.54) is 6.08 Å². The topological polar surface area (TPSA) is 46.5 Å². The predicted molar refractivity (Wildman–Crippen MR) is 31.3 cm³/mol. The van der Waals surface area contributed by atoms with E-state index in [0.29, 0.717) is 0 Å². The average Bonchev–Trinajstić information content (AvgIpc) is 1.61. The van der Waals surface area contributed by atoms with Gasteiger partial charge < -0.3 is 9.84 Å². The molecule has 0 spiro atoms. The molecular formula is C4H7LiO3. The van der Waals surface area contributed by atoms with Crippen LogP contribution in [0, 0.1) is 0 Å². The Morgan fingerprint density at radius 1 is 1.88 bits per heavy atom. The molecule has 0 atom stereocenters. The van der Waals surface area contributed by atoms with Crippen LogP contribution in [0.2, 0.25) is 0 Å². The zero-order valence-corrected chi connectivity index (χ0v) is 3.76. The minimum absolute atomic E-state index is 0. The van der Waals surface area contributed by atoms with Crippen molar-refractivity contribution in [1.29, 1.82) is 0 Å². The van der Waals surface area contributed by atoms with Crippen LogP contribution in [0.1, 0.15) is 0 Å². The van der Waals surface area contributed by atoms with Crippen molar-refractivity contribution in [1.82, 2.24) is 0 Å². The van der Waals surface area contributed by atoms with E-state index in [1.807, 2.05) is 0 Å². The molecule has 0 saturated heterocycles. The van der Waals surface area contributed by atoms with Crippen molar-refractivity contribution in [3.8, 4) is 0 Å². The Morgan fingerprint density at radius 2 is 2.38 bits per heavy atom. The number of carboxylic acid groups (broad SMARTS) is 1.